The predicted octanol–water partition coefficient (Wildman–Crippen LogP) is 2.82. The molecule has 0 aromatic heterocycles. The van der Waals surface area contributed by atoms with E-state index in [0.717, 1.165) is 18.9 Å². The lowest BCUT2D eigenvalue weighted by Crippen LogP contribution is -2.28. The fourth-order valence-electron chi connectivity index (χ4n) is 2.49. The molecule has 140 valence electrons. The molecule has 0 aliphatic heterocycles. The van der Waals surface area contributed by atoms with Gasteiger partial charge in [0.15, 0.2) is 0 Å². The molecule has 26 heavy (non-hydrogen) atoms. The van der Waals surface area contributed by atoms with Crippen molar-refractivity contribution in [2.75, 3.05) is 0 Å². The minimum Gasteiger partial charge on any atom is -0.208 e. The van der Waals surface area contributed by atoms with Crippen LogP contribution in [0, 0.1) is 0 Å². The Kier molecular flexibility index (Phi) is 5.41. The van der Waals surface area contributed by atoms with Crippen LogP contribution in [-0.2, 0) is 20.0 Å². The van der Waals surface area contributed by atoms with Crippen LogP contribution in [0.4, 0.5) is 0 Å². The Hall–Kier alpha value is -1.45. The zero-order valence-corrected chi connectivity index (χ0v) is 16.4. The van der Waals surface area contributed by atoms with Crippen LogP contribution in [0.25, 0.3) is 0 Å². The standard InChI is InChI=1S/C17H19ClN2O4S2/c1-12(16-7-2-3-8-17(16)18)19-25(21,22)14-5-4-6-15(11-14)26(23,24)20-13-9-10-13/h2-8,11-13,19-20H,9-10H2,1H3. The maximum Gasteiger partial charge on any atom is 0.241 e. The first kappa shape index (κ1) is 19.3. The fraction of sp³-hybridized carbons (Fsp3) is 0.294. The van der Waals surface area contributed by atoms with Crippen molar-refractivity contribution in [3.63, 3.8) is 0 Å². The molecule has 0 spiro atoms. The first-order valence-corrected chi connectivity index (χ1v) is 11.4. The van der Waals surface area contributed by atoms with Gasteiger partial charge in [0.05, 0.1) is 9.79 Å². The minimum absolute atomic E-state index is 0.0568. The van der Waals surface area contributed by atoms with Gasteiger partial charge in [-0.15, -0.1) is 0 Å². The van der Waals surface area contributed by atoms with Gasteiger partial charge in [0.1, 0.15) is 0 Å². The zero-order chi connectivity index (χ0) is 18.9. The summed E-state index contributed by atoms with van der Waals surface area (Å²) in [7, 11) is -7.65. The monoisotopic (exact) mass is 414 g/mol. The normalized spacial score (nSPS) is 16.4. The molecular weight excluding hydrogens is 396 g/mol. The third-order valence-corrected chi connectivity index (χ3v) is 7.43. The maximum atomic E-state index is 12.7. The van der Waals surface area contributed by atoms with Crippen molar-refractivity contribution in [3.05, 3.63) is 59.1 Å². The van der Waals surface area contributed by atoms with E-state index in [2.05, 4.69) is 9.44 Å². The van der Waals surface area contributed by atoms with Gasteiger partial charge in [-0.2, -0.15) is 0 Å². The Morgan fingerprint density at radius 3 is 2.19 bits per heavy atom. The summed E-state index contributed by atoms with van der Waals surface area (Å²) in [6.45, 7) is 1.67. The highest BCUT2D eigenvalue weighted by Crippen LogP contribution is 2.26. The van der Waals surface area contributed by atoms with E-state index in [-0.39, 0.29) is 15.8 Å². The number of halogens is 1. The zero-order valence-electron chi connectivity index (χ0n) is 14.0. The van der Waals surface area contributed by atoms with Crippen molar-refractivity contribution in [1.29, 1.82) is 0 Å². The number of benzene rings is 2. The second-order valence-corrected chi connectivity index (χ2v) is 10.1. The third kappa shape index (κ3) is 4.44. The molecule has 0 radical (unpaired) electrons. The van der Waals surface area contributed by atoms with Gasteiger partial charge >= 0.3 is 0 Å². The second kappa shape index (κ2) is 7.28. The predicted molar refractivity (Wildman–Crippen MR) is 100.0 cm³/mol. The SMILES string of the molecule is CC(NS(=O)(=O)c1cccc(S(=O)(=O)NC2CC2)c1)c1ccccc1Cl. The van der Waals surface area contributed by atoms with Crippen LogP contribution in [0.2, 0.25) is 5.02 Å². The van der Waals surface area contributed by atoms with Crippen LogP contribution in [0.15, 0.2) is 58.3 Å². The molecule has 0 saturated heterocycles. The van der Waals surface area contributed by atoms with Crippen molar-refractivity contribution in [2.24, 2.45) is 0 Å². The molecule has 1 atom stereocenters. The summed E-state index contributed by atoms with van der Waals surface area (Å²) in [5.74, 6) is 0. The summed E-state index contributed by atoms with van der Waals surface area (Å²) >= 11 is 6.11. The minimum atomic E-state index is -3.92. The van der Waals surface area contributed by atoms with Crippen LogP contribution < -0.4 is 9.44 Å². The summed E-state index contributed by atoms with van der Waals surface area (Å²) in [6, 6.07) is 11.6. The van der Waals surface area contributed by atoms with Gasteiger partial charge in [-0.25, -0.2) is 26.3 Å². The number of hydrogen-bond acceptors (Lipinski definition) is 4. The molecule has 2 aromatic rings. The molecule has 1 saturated carbocycles. The summed E-state index contributed by atoms with van der Waals surface area (Å²) < 4.78 is 55.0. The van der Waals surface area contributed by atoms with E-state index in [0.29, 0.717) is 10.6 Å². The van der Waals surface area contributed by atoms with E-state index >= 15 is 0 Å². The average Bonchev–Trinajstić information content (AvgIpc) is 3.38. The summed E-state index contributed by atoms with van der Waals surface area (Å²) in [5.41, 5.74) is 0.636. The van der Waals surface area contributed by atoms with Crippen LogP contribution >= 0.6 is 11.6 Å². The van der Waals surface area contributed by atoms with Crippen molar-refractivity contribution in [2.45, 2.75) is 41.6 Å². The van der Waals surface area contributed by atoms with Crippen LogP contribution in [0.3, 0.4) is 0 Å². The van der Waals surface area contributed by atoms with E-state index in [1.165, 1.54) is 18.2 Å². The smallest absolute Gasteiger partial charge is 0.208 e. The molecule has 0 heterocycles. The molecule has 2 aromatic carbocycles. The molecule has 0 amide bonds. The van der Waals surface area contributed by atoms with E-state index in [1.807, 2.05) is 0 Å². The molecular formula is C17H19ClN2O4S2. The van der Waals surface area contributed by atoms with E-state index in [9.17, 15) is 16.8 Å². The van der Waals surface area contributed by atoms with Gasteiger partial charge in [-0.3, -0.25) is 0 Å². The van der Waals surface area contributed by atoms with Gasteiger partial charge < -0.3 is 0 Å². The summed E-state index contributed by atoms with van der Waals surface area (Å²) in [5, 5.41) is 0.452. The first-order valence-electron chi connectivity index (χ1n) is 8.08. The summed E-state index contributed by atoms with van der Waals surface area (Å²) in [4.78, 5) is -0.187. The van der Waals surface area contributed by atoms with Crippen molar-refractivity contribution in [3.8, 4) is 0 Å². The third-order valence-electron chi connectivity index (χ3n) is 4.03. The van der Waals surface area contributed by atoms with Gasteiger partial charge in [-0.1, -0.05) is 35.9 Å². The Labute approximate surface area is 158 Å². The highest BCUT2D eigenvalue weighted by atomic mass is 35.5. The Bertz CT molecular complexity index is 1020. The Balaban J connectivity index is 1.85. The van der Waals surface area contributed by atoms with Crippen LogP contribution in [0.1, 0.15) is 31.4 Å². The Morgan fingerprint density at radius 1 is 0.962 bits per heavy atom. The molecule has 6 nitrogen and oxygen atoms in total. The topological polar surface area (TPSA) is 92.3 Å². The first-order chi connectivity index (χ1) is 12.2. The molecule has 0 bridgehead atoms. The lowest BCUT2D eigenvalue weighted by atomic mass is 10.1. The van der Waals surface area contributed by atoms with Crippen molar-refractivity contribution >= 4 is 31.6 Å². The fourth-order valence-corrected chi connectivity index (χ4v) is 5.48. The van der Waals surface area contributed by atoms with Crippen LogP contribution in [-0.4, -0.2) is 22.9 Å². The largest absolute Gasteiger partial charge is 0.241 e. The highest BCUT2D eigenvalue weighted by molar-refractivity contribution is 7.90. The van der Waals surface area contributed by atoms with Crippen LogP contribution in [0.5, 0.6) is 0 Å². The Morgan fingerprint density at radius 2 is 1.58 bits per heavy atom. The molecule has 2 N–H and O–H groups in total. The van der Waals surface area contributed by atoms with Gasteiger partial charge in [0, 0.05) is 17.1 Å². The van der Waals surface area contributed by atoms with Crippen molar-refractivity contribution < 1.29 is 16.8 Å². The number of hydrogen-bond donors (Lipinski definition) is 2. The van der Waals surface area contributed by atoms with E-state index < -0.39 is 26.1 Å². The molecule has 1 fully saturated rings. The summed E-state index contributed by atoms with van der Waals surface area (Å²) in [6.07, 6.45) is 1.60. The quantitative estimate of drug-likeness (QED) is 0.728. The molecule has 3 rings (SSSR count). The lowest BCUT2D eigenvalue weighted by molar-refractivity contribution is 0.566. The molecule has 1 aliphatic rings. The second-order valence-electron chi connectivity index (χ2n) is 6.23. The lowest BCUT2D eigenvalue weighted by Gasteiger charge is -2.16. The van der Waals surface area contributed by atoms with Gasteiger partial charge in [-0.05, 0) is 49.6 Å². The van der Waals surface area contributed by atoms with Gasteiger partial charge in [0.25, 0.3) is 0 Å². The maximum absolute atomic E-state index is 12.7. The van der Waals surface area contributed by atoms with E-state index in [1.54, 1.807) is 31.2 Å². The van der Waals surface area contributed by atoms with E-state index in [4.69, 9.17) is 11.6 Å². The highest BCUT2D eigenvalue weighted by Gasteiger charge is 2.29. The number of rotatable bonds is 7. The number of nitrogens with one attached hydrogen (secondary N) is 2. The number of sulfonamides is 2. The molecule has 1 aliphatic carbocycles. The van der Waals surface area contributed by atoms with Crippen molar-refractivity contribution in [1.82, 2.24) is 9.44 Å². The van der Waals surface area contributed by atoms with Gasteiger partial charge in [0.2, 0.25) is 20.0 Å². The molecule has 1 unspecified atom stereocenters. The molecule has 9 heteroatoms. The average molecular weight is 415 g/mol.